The Balaban J connectivity index is 1.15. The van der Waals surface area contributed by atoms with Gasteiger partial charge in [-0.1, -0.05) is 18.2 Å². The first-order chi connectivity index (χ1) is 15.3. The molecule has 9 heteroatoms. The molecule has 0 spiro atoms. The number of hydrogen-bond donors (Lipinski definition) is 2. The van der Waals surface area contributed by atoms with Crippen LogP contribution in [-0.4, -0.2) is 70.2 Å². The number of benzene rings is 1. The molecule has 3 heterocycles. The molecule has 1 aliphatic heterocycles. The number of rotatable bonds is 8. The Labute approximate surface area is 181 Å². The zero-order valence-electron chi connectivity index (χ0n) is 17.3. The molecule has 9 nitrogen and oxygen atoms in total. The van der Waals surface area contributed by atoms with Gasteiger partial charge in [-0.05, 0) is 43.3 Å². The number of anilines is 3. The topological polar surface area (TPSA) is 99.2 Å². The Morgan fingerprint density at radius 3 is 2.39 bits per heavy atom. The molecule has 2 aromatic heterocycles. The van der Waals surface area contributed by atoms with Crippen molar-refractivity contribution in [2.45, 2.75) is 6.42 Å². The molecule has 1 aromatic carbocycles. The summed E-state index contributed by atoms with van der Waals surface area (Å²) in [6, 6.07) is 14.6. The fourth-order valence-electron chi connectivity index (χ4n) is 3.41. The van der Waals surface area contributed by atoms with Gasteiger partial charge in [0, 0.05) is 50.8 Å². The minimum atomic E-state index is -0.273. The van der Waals surface area contributed by atoms with Gasteiger partial charge in [-0.3, -0.25) is 9.69 Å². The van der Waals surface area contributed by atoms with Crippen molar-refractivity contribution in [2.24, 2.45) is 0 Å². The highest BCUT2D eigenvalue weighted by Crippen LogP contribution is 2.11. The zero-order chi connectivity index (χ0) is 21.3. The molecule has 0 unspecified atom stereocenters. The molecule has 0 radical (unpaired) electrons. The van der Waals surface area contributed by atoms with Gasteiger partial charge < -0.3 is 15.5 Å². The minimum Gasteiger partial charge on any atom is -0.369 e. The van der Waals surface area contributed by atoms with Gasteiger partial charge in [0.1, 0.15) is 5.82 Å². The molecular formula is C22H26N8O. The first-order valence-electron chi connectivity index (χ1n) is 10.5. The van der Waals surface area contributed by atoms with Crippen LogP contribution in [0.2, 0.25) is 0 Å². The third kappa shape index (κ3) is 5.95. The van der Waals surface area contributed by atoms with Crippen LogP contribution in [0.5, 0.6) is 0 Å². The van der Waals surface area contributed by atoms with Gasteiger partial charge in [0.25, 0.3) is 5.91 Å². The van der Waals surface area contributed by atoms with Crippen LogP contribution < -0.4 is 15.5 Å². The van der Waals surface area contributed by atoms with Gasteiger partial charge in [-0.2, -0.15) is 0 Å². The van der Waals surface area contributed by atoms with Crippen molar-refractivity contribution in [3.63, 3.8) is 0 Å². The lowest BCUT2D eigenvalue weighted by atomic mass is 10.3. The number of nitrogens with one attached hydrogen (secondary N) is 2. The predicted molar refractivity (Wildman–Crippen MR) is 120 cm³/mol. The molecule has 3 aromatic rings. The van der Waals surface area contributed by atoms with Crippen molar-refractivity contribution < 1.29 is 4.79 Å². The lowest BCUT2D eigenvalue weighted by Gasteiger charge is -2.34. The van der Waals surface area contributed by atoms with Gasteiger partial charge in [-0.15, -0.1) is 10.2 Å². The molecule has 1 aliphatic rings. The lowest BCUT2D eigenvalue weighted by Crippen LogP contribution is -2.47. The smallest absolute Gasteiger partial charge is 0.276 e. The number of para-hydroxylation sites is 1. The average molecular weight is 419 g/mol. The highest BCUT2D eigenvalue weighted by molar-refractivity contribution is 6.02. The van der Waals surface area contributed by atoms with E-state index in [1.54, 1.807) is 24.5 Å². The Kier molecular flexibility index (Phi) is 6.96. The number of piperazine rings is 1. The van der Waals surface area contributed by atoms with Crippen LogP contribution >= 0.6 is 0 Å². The molecule has 1 fully saturated rings. The molecule has 0 bridgehead atoms. The van der Waals surface area contributed by atoms with E-state index >= 15 is 0 Å². The molecule has 0 saturated carbocycles. The molecule has 1 saturated heterocycles. The number of hydrogen-bond acceptors (Lipinski definition) is 8. The first-order valence-corrected chi connectivity index (χ1v) is 10.5. The molecule has 2 N–H and O–H groups in total. The van der Waals surface area contributed by atoms with Crippen molar-refractivity contribution in [3.8, 4) is 0 Å². The summed E-state index contributed by atoms with van der Waals surface area (Å²) >= 11 is 0. The van der Waals surface area contributed by atoms with Gasteiger partial charge in [0.15, 0.2) is 5.69 Å². The maximum atomic E-state index is 12.2. The van der Waals surface area contributed by atoms with Crippen molar-refractivity contribution in [2.75, 3.05) is 54.8 Å². The largest absolute Gasteiger partial charge is 0.369 e. The molecule has 0 aliphatic carbocycles. The highest BCUT2D eigenvalue weighted by Gasteiger charge is 2.18. The second-order valence-electron chi connectivity index (χ2n) is 7.28. The Hall–Kier alpha value is -3.59. The second-order valence-corrected chi connectivity index (χ2v) is 7.28. The summed E-state index contributed by atoms with van der Waals surface area (Å²) in [6.45, 7) is 5.70. The van der Waals surface area contributed by atoms with Crippen LogP contribution in [0.25, 0.3) is 0 Å². The molecule has 160 valence electrons. The third-order valence-corrected chi connectivity index (χ3v) is 5.09. The summed E-state index contributed by atoms with van der Waals surface area (Å²) in [4.78, 5) is 25.5. The van der Waals surface area contributed by atoms with Crippen LogP contribution in [0.1, 0.15) is 16.9 Å². The summed E-state index contributed by atoms with van der Waals surface area (Å²) < 4.78 is 0. The minimum absolute atomic E-state index is 0.273. The fraction of sp³-hybridized carbons (Fsp3) is 0.318. The number of aromatic nitrogens is 4. The standard InChI is InChI=1S/C22H26N8O/c31-21(26-18-6-2-1-3-7-18)19-8-9-20(28-27-19)23-12-5-13-29-14-16-30(17-15-29)22-24-10-4-11-25-22/h1-4,6-11H,5,12-17H2,(H,23,28)(H,26,31). The van der Waals surface area contributed by atoms with Crippen molar-refractivity contribution in [1.82, 2.24) is 25.1 Å². The zero-order valence-corrected chi connectivity index (χ0v) is 17.3. The fourth-order valence-corrected chi connectivity index (χ4v) is 3.41. The SMILES string of the molecule is O=C(Nc1ccccc1)c1ccc(NCCCN2CCN(c3ncccn3)CC2)nn1. The summed E-state index contributed by atoms with van der Waals surface area (Å²) in [7, 11) is 0. The molecule has 0 atom stereocenters. The van der Waals surface area contributed by atoms with E-state index in [1.165, 1.54) is 0 Å². The number of carbonyl (C=O) groups excluding carboxylic acids is 1. The summed E-state index contributed by atoms with van der Waals surface area (Å²) in [5.74, 6) is 1.20. The van der Waals surface area contributed by atoms with Crippen molar-refractivity contribution >= 4 is 23.4 Å². The van der Waals surface area contributed by atoms with Gasteiger partial charge >= 0.3 is 0 Å². The van der Waals surface area contributed by atoms with Crippen molar-refractivity contribution in [1.29, 1.82) is 0 Å². The Morgan fingerprint density at radius 1 is 0.903 bits per heavy atom. The maximum Gasteiger partial charge on any atom is 0.276 e. The van der Waals surface area contributed by atoms with Crippen LogP contribution in [0.3, 0.4) is 0 Å². The summed E-state index contributed by atoms with van der Waals surface area (Å²) in [6.07, 6.45) is 4.57. The van der Waals surface area contributed by atoms with Gasteiger partial charge in [0.2, 0.25) is 5.95 Å². The van der Waals surface area contributed by atoms with Gasteiger partial charge in [0.05, 0.1) is 0 Å². The van der Waals surface area contributed by atoms with E-state index in [-0.39, 0.29) is 11.6 Å². The maximum absolute atomic E-state index is 12.2. The van der Waals surface area contributed by atoms with Gasteiger partial charge in [-0.25, -0.2) is 9.97 Å². The van der Waals surface area contributed by atoms with E-state index < -0.39 is 0 Å². The normalized spacial score (nSPS) is 14.3. The van der Waals surface area contributed by atoms with E-state index in [9.17, 15) is 4.79 Å². The second kappa shape index (κ2) is 10.4. The van der Waals surface area contributed by atoms with E-state index in [0.717, 1.165) is 57.3 Å². The van der Waals surface area contributed by atoms with Crippen LogP contribution in [0.15, 0.2) is 60.9 Å². The number of nitrogens with zero attached hydrogens (tertiary/aromatic N) is 6. The van der Waals surface area contributed by atoms with E-state index in [0.29, 0.717) is 5.82 Å². The summed E-state index contributed by atoms with van der Waals surface area (Å²) in [5, 5.41) is 14.2. The Bertz CT molecular complexity index is 944. The van der Waals surface area contributed by atoms with Crippen LogP contribution in [0, 0.1) is 0 Å². The molecule has 1 amide bonds. The van der Waals surface area contributed by atoms with Crippen molar-refractivity contribution in [3.05, 3.63) is 66.6 Å². The average Bonchev–Trinajstić information content (AvgIpc) is 2.84. The number of amides is 1. The highest BCUT2D eigenvalue weighted by atomic mass is 16.1. The summed E-state index contributed by atoms with van der Waals surface area (Å²) in [5.41, 5.74) is 1.02. The molecule has 4 rings (SSSR count). The predicted octanol–water partition coefficient (Wildman–Crippen LogP) is 2.14. The molecular weight excluding hydrogens is 392 g/mol. The monoisotopic (exact) mass is 418 g/mol. The third-order valence-electron chi connectivity index (χ3n) is 5.09. The van der Waals surface area contributed by atoms with E-state index in [1.807, 2.05) is 36.4 Å². The van der Waals surface area contributed by atoms with Crippen LogP contribution in [-0.2, 0) is 0 Å². The quantitative estimate of drug-likeness (QED) is 0.537. The van der Waals surface area contributed by atoms with E-state index in [4.69, 9.17) is 0 Å². The Morgan fingerprint density at radius 2 is 1.68 bits per heavy atom. The van der Waals surface area contributed by atoms with E-state index in [2.05, 4.69) is 40.6 Å². The number of carbonyl (C=O) groups is 1. The first kappa shape index (κ1) is 20.7. The molecule has 31 heavy (non-hydrogen) atoms. The lowest BCUT2D eigenvalue weighted by molar-refractivity contribution is 0.102. The van der Waals surface area contributed by atoms with Crippen LogP contribution in [0.4, 0.5) is 17.5 Å².